The minimum atomic E-state index is -0.937. The molecule has 1 aliphatic rings. The maximum atomic E-state index is 10.8. The summed E-state index contributed by atoms with van der Waals surface area (Å²) in [7, 11) is 0. The molecule has 1 amide bonds. The van der Waals surface area contributed by atoms with Crippen molar-refractivity contribution < 1.29 is 9.90 Å². The van der Waals surface area contributed by atoms with Gasteiger partial charge in [-0.2, -0.15) is 10.4 Å². The fraction of sp³-hybridized carbons (Fsp3) is 0.444. The van der Waals surface area contributed by atoms with E-state index < -0.39 is 6.09 Å². The van der Waals surface area contributed by atoms with Crippen molar-refractivity contribution in [2.45, 2.75) is 19.5 Å². The van der Waals surface area contributed by atoms with Crippen molar-refractivity contribution >= 4 is 6.09 Å². The predicted molar refractivity (Wildman–Crippen MR) is 50.1 cm³/mol. The van der Waals surface area contributed by atoms with Gasteiger partial charge in [0.25, 0.3) is 0 Å². The van der Waals surface area contributed by atoms with Crippen LogP contribution < -0.4 is 0 Å². The summed E-state index contributed by atoms with van der Waals surface area (Å²) in [5, 5.41) is 21.6. The van der Waals surface area contributed by atoms with Gasteiger partial charge in [0, 0.05) is 6.54 Å². The molecule has 1 N–H and O–H groups in total. The van der Waals surface area contributed by atoms with E-state index in [-0.39, 0.29) is 6.04 Å². The number of carbonyl (C=O) groups is 1. The second-order valence-corrected chi connectivity index (χ2v) is 3.59. The Morgan fingerprint density at radius 1 is 1.80 bits per heavy atom. The fourth-order valence-electron chi connectivity index (χ4n) is 1.79. The summed E-state index contributed by atoms with van der Waals surface area (Å²) < 4.78 is 1.72. The number of amides is 1. The van der Waals surface area contributed by atoms with Gasteiger partial charge in [-0.1, -0.05) is 0 Å². The first-order valence-corrected chi connectivity index (χ1v) is 4.58. The first-order valence-electron chi connectivity index (χ1n) is 4.58. The van der Waals surface area contributed by atoms with E-state index in [0.29, 0.717) is 18.8 Å². The van der Waals surface area contributed by atoms with Gasteiger partial charge >= 0.3 is 6.09 Å². The Balaban J connectivity index is 2.35. The van der Waals surface area contributed by atoms with E-state index in [4.69, 9.17) is 10.4 Å². The highest BCUT2D eigenvalue weighted by Gasteiger charge is 2.26. The molecule has 1 atom stereocenters. The zero-order valence-corrected chi connectivity index (χ0v) is 8.21. The Hall–Kier alpha value is -2.03. The van der Waals surface area contributed by atoms with E-state index in [9.17, 15) is 4.79 Å². The van der Waals surface area contributed by atoms with Crippen LogP contribution in [0.5, 0.6) is 0 Å². The van der Waals surface area contributed by atoms with Crippen LogP contribution in [0.15, 0.2) is 6.07 Å². The van der Waals surface area contributed by atoms with Crippen LogP contribution in [0.4, 0.5) is 4.79 Å². The monoisotopic (exact) mass is 206 g/mol. The summed E-state index contributed by atoms with van der Waals surface area (Å²) in [5.74, 6) is 0. The lowest BCUT2D eigenvalue weighted by Crippen LogP contribution is -2.39. The maximum absolute atomic E-state index is 10.8. The molecule has 0 fully saturated rings. The van der Waals surface area contributed by atoms with Crippen LogP contribution in [0.25, 0.3) is 0 Å². The molecule has 0 saturated heterocycles. The average Bonchev–Trinajstić information content (AvgIpc) is 2.61. The molecule has 0 saturated carbocycles. The SMILES string of the molecule is CC1CN(C(=O)O)Cc2cc(C#N)nn21. The van der Waals surface area contributed by atoms with Gasteiger partial charge in [0.05, 0.1) is 18.3 Å². The van der Waals surface area contributed by atoms with Gasteiger partial charge in [-0.3, -0.25) is 4.68 Å². The zero-order chi connectivity index (χ0) is 11.0. The average molecular weight is 206 g/mol. The van der Waals surface area contributed by atoms with E-state index >= 15 is 0 Å². The number of nitrogens with zero attached hydrogens (tertiary/aromatic N) is 4. The van der Waals surface area contributed by atoms with Crippen LogP contribution >= 0.6 is 0 Å². The first kappa shape index (κ1) is 9.52. The van der Waals surface area contributed by atoms with Crippen molar-refractivity contribution in [3.63, 3.8) is 0 Å². The quantitative estimate of drug-likeness (QED) is 0.680. The molecular weight excluding hydrogens is 196 g/mol. The summed E-state index contributed by atoms with van der Waals surface area (Å²) in [5.41, 5.74) is 1.11. The van der Waals surface area contributed by atoms with Crippen LogP contribution in [0, 0.1) is 11.3 Å². The Labute approximate surface area is 86.3 Å². The number of aromatic nitrogens is 2. The number of hydrogen-bond acceptors (Lipinski definition) is 3. The molecule has 1 aromatic heterocycles. The number of rotatable bonds is 0. The zero-order valence-electron chi connectivity index (χ0n) is 8.21. The van der Waals surface area contributed by atoms with Crippen LogP contribution in [0.3, 0.4) is 0 Å². The molecule has 0 bridgehead atoms. The van der Waals surface area contributed by atoms with Crippen molar-refractivity contribution in [2.24, 2.45) is 0 Å². The van der Waals surface area contributed by atoms with Gasteiger partial charge in [0.1, 0.15) is 6.07 Å². The topological polar surface area (TPSA) is 82.2 Å². The third-order valence-corrected chi connectivity index (χ3v) is 2.45. The summed E-state index contributed by atoms with van der Waals surface area (Å²) in [6.45, 7) is 2.59. The highest BCUT2D eigenvalue weighted by molar-refractivity contribution is 5.65. The Morgan fingerprint density at radius 3 is 3.13 bits per heavy atom. The Morgan fingerprint density at radius 2 is 2.53 bits per heavy atom. The van der Waals surface area contributed by atoms with Gasteiger partial charge < -0.3 is 10.0 Å². The molecule has 15 heavy (non-hydrogen) atoms. The Kier molecular flexibility index (Phi) is 2.08. The van der Waals surface area contributed by atoms with Gasteiger partial charge in [-0.05, 0) is 13.0 Å². The lowest BCUT2D eigenvalue weighted by molar-refractivity contribution is 0.122. The third-order valence-electron chi connectivity index (χ3n) is 2.45. The maximum Gasteiger partial charge on any atom is 0.407 e. The summed E-state index contributed by atoms with van der Waals surface area (Å²) in [4.78, 5) is 12.1. The molecule has 78 valence electrons. The molecular formula is C9H10N4O2. The largest absolute Gasteiger partial charge is 0.465 e. The molecule has 2 rings (SSSR count). The Bertz CT molecular complexity index is 445. The highest BCUT2D eigenvalue weighted by atomic mass is 16.4. The molecule has 1 aromatic rings. The number of fused-ring (bicyclic) bond motifs is 1. The van der Waals surface area contributed by atoms with Crippen molar-refractivity contribution in [1.29, 1.82) is 5.26 Å². The summed E-state index contributed by atoms with van der Waals surface area (Å²) >= 11 is 0. The molecule has 1 unspecified atom stereocenters. The van der Waals surface area contributed by atoms with Crippen molar-refractivity contribution in [1.82, 2.24) is 14.7 Å². The van der Waals surface area contributed by atoms with E-state index in [1.807, 2.05) is 13.0 Å². The number of hydrogen-bond donors (Lipinski definition) is 1. The van der Waals surface area contributed by atoms with E-state index in [0.717, 1.165) is 5.69 Å². The lowest BCUT2D eigenvalue weighted by atomic mass is 10.2. The number of carboxylic acid groups (broad SMARTS) is 1. The smallest absolute Gasteiger partial charge is 0.407 e. The van der Waals surface area contributed by atoms with Crippen molar-refractivity contribution in [2.75, 3.05) is 6.54 Å². The molecule has 0 radical (unpaired) electrons. The number of nitriles is 1. The second kappa shape index (κ2) is 3.28. The molecule has 0 aromatic carbocycles. The van der Waals surface area contributed by atoms with Gasteiger partial charge in [-0.15, -0.1) is 0 Å². The fourth-order valence-corrected chi connectivity index (χ4v) is 1.79. The molecule has 6 heteroatoms. The van der Waals surface area contributed by atoms with Gasteiger partial charge in [0.2, 0.25) is 0 Å². The molecule has 0 aliphatic carbocycles. The minimum Gasteiger partial charge on any atom is -0.465 e. The first-order chi connectivity index (χ1) is 7.11. The third kappa shape index (κ3) is 1.52. The second-order valence-electron chi connectivity index (χ2n) is 3.59. The van der Waals surface area contributed by atoms with Crippen LogP contribution in [0.2, 0.25) is 0 Å². The lowest BCUT2D eigenvalue weighted by Gasteiger charge is -2.29. The molecule has 6 nitrogen and oxygen atoms in total. The van der Waals surface area contributed by atoms with E-state index in [1.54, 1.807) is 10.7 Å². The van der Waals surface area contributed by atoms with E-state index in [2.05, 4.69) is 5.10 Å². The standard InChI is InChI=1S/C9H10N4O2/c1-6-4-12(9(14)15)5-8-2-7(3-10)11-13(6)8/h2,6H,4-5H2,1H3,(H,14,15). The molecule has 0 spiro atoms. The predicted octanol–water partition coefficient (Wildman–Crippen LogP) is 0.809. The minimum absolute atomic E-state index is 0.0213. The molecule has 1 aliphatic heterocycles. The van der Waals surface area contributed by atoms with Crippen LogP contribution in [-0.2, 0) is 6.54 Å². The summed E-state index contributed by atoms with van der Waals surface area (Å²) in [6.07, 6.45) is -0.937. The van der Waals surface area contributed by atoms with Gasteiger partial charge in [0.15, 0.2) is 5.69 Å². The van der Waals surface area contributed by atoms with Gasteiger partial charge in [-0.25, -0.2) is 4.79 Å². The highest BCUT2D eigenvalue weighted by Crippen LogP contribution is 2.20. The van der Waals surface area contributed by atoms with Crippen LogP contribution in [-0.4, -0.2) is 32.4 Å². The normalized spacial score (nSPS) is 19.5. The molecule has 2 heterocycles. The summed E-state index contributed by atoms with van der Waals surface area (Å²) in [6, 6.07) is 3.56. The van der Waals surface area contributed by atoms with E-state index in [1.165, 1.54) is 4.90 Å². The van der Waals surface area contributed by atoms with Crippen LogP contribution in [0.1, 0.15) is 24.4 Å². The van der Waals surface area contributed by atoms with Crippen molar-refractivity contribution in [3.8, 4) is 6.07 Å². The van der Waals surface area contributed by atoms with Crippen molar-refractivity contribution in [3.05, 3.63) is 17.5 Å².